The molecular formula is C18H19F2N5O5S. The van der Waals surface area contributed by atoms with Crippen LogP contribution in [0.3, 0.4) is 0 Å². The molecule has 1 atom stereocenters. The zero-order chi connectivity index (χ0) is 22.5. The van der Waals surface area contributed by atoms with Crippen molar-refractivity contribution in [2.24, 2.45) is 0 Å². The van der Waals surface area contributed by atoms with Crippen LogP contribution in [-0.2, 0) is 20.8 Å². The first-order chi connectivity index (χ1) is 14.8. The zero-order valence-corrected chi connectivity index (χ0v) is 17.1. The van der Waals surface area contributed by atoms with Crippen LogP contribution in [0.2, 0.25) is 0 Å². The van der Waals surface area contributed by atoms with Gasteiger partial charge in [0.05, 0.1) is 25.1 Å². The molecule has 3 N–H and O–H groups in total. The van der Waals surface area contributed by atoms with Crippen LogP contribution in [0, 0.1) is 11.6 Å². The van der Waals surface area contributed by atoms with Crippen LogP contribution in [0.15, 0.2) is 30.5 Å². The topological polar surface area (TPSA) is 124 Å². The SMILES string of the molecule is CC(=O)Nc1ccc(NC(=O)c2c(F)ccc(N(N3CCOCC3)S(=O)O)c2F)cn1. The molecular weight excluding hydrogens is 436 g/mol. The van der Waals surface area contributed by atoms with Gasteiger partial charge >= 0.3 is 0 Å². The molecule has 1 aliphatic rings. The van der Waals surface area contributed by atoms with Gasteiger partial charge in [-0.1, -0.05) is 0 Å². The van der Waals surface area contributed by atoms with E-state index in [1.54, 1.807) is 0 Å². The Bertz CT molecular complexity index is 1000. The Balaban J connectivity index is 1.87. The molecule has 13 heteroatoms. The van der Waals surface area contributed by atoms with Gasteiger partial charge in [0.2, 0.25) is 5.91 Å². The van der Waals surface area contributed by atoms with Gasteiger partial charge in [-0.15, -0.1) is 0 Å². The second-order valence-corrected chi connectivity index (χ2v) is 7.20. The van der Waals surface area contributed by atoms with E-state index in [2.05, 4.69) is 15.6 Å². The molecule has 31 heavy (non-hydrogen) atoms. The largest absolute Gasteiger partial charge is 0.379 e. The number of hydrogen-bond acceptors (Lipinski definition) is 6. The number of anilines is 3. The van der Waals surface area contributed by atoms with Crippen LogP contribution < -0.4 is 15.0 Å². The minimum Gasteiger partial charge on any atom is -0.379 e. The van der Waals surface area contributed by atoms with Crippen molar-refractivity contribution in [3.8, 4) is 0 Å². The Kier molecular flexibility index (Phi) is 7.22. The number of aromatic nitrogens is 1. The molecule has 1 aliphatic heterocycles. The lowest BCUT2D eigenvalue weighted by Crippen LogP contribution is -2.50. The quantitative estimate of drug-likeness (QED) is 0.567. The molecule has 1 aromatic heterocycles. The highest BCUT2D eigenvalue weighted by Crippen LogP contribution is 2.28. The normalized spacial score (nSPS) is 15.2. The number of nitrogens with one attached hydrogen (secondary N) is 2. The molecule has 0 spiro atoms. The monoisotopic (exact) mass is 455 g/mol. The van der Waals surface area contributed by atoms with Gasteiger partial charge in [-0.25, -0.2) is 23.0 Å². The number of hydrazine groups is 1. The summed E-state index contributed by atoms with van der Waals surface area (Å²) in [6.45, 7) is 2.22. The Labute approximate surface area is 178 Å². The Morgan fingerprint density at radius 3 is 2.48 bits per heavy atom. The third kappa shape index (κ3) is 5.38. The van der Waals surface area contributed by atoms with E-state index in [1.165, 1.54) is 30.3 Å². The smallest absolute Gasteiger partial charge is 0.277 e. The predicted molar refractivity (Wildman–Crippen MR) is 108 cm³/mol. The van der Waals surface area contributed by atoms with Crippen molar-refractivity contribution >= 4 is 40.3 Å². The molecule has 10 nitrogen and oxygen atoms in total. The standard InChI is InChI=1S/C18H19F2N5O5S/c1-11(26)22-15-5-2-12(10-21-15)23-18(27)16-13(19)3-4-14(17(16)20)25(31(28)29)24-6-8-30-9-7-24/h2-5,10H,6-9H2,1H3,(H,23,27)(H,28,29)(H,21,22,26). The molecule has 1 saturated heterocycles. The van der Waals surface area contributed by atoms with Gasteiger partial charge < -0.3 is 15.4 Å². The first-order valence-corrected chi connectivity index (χ1v) is 10.1. The van der Waals surface area contributed by atoms with Gasteiger partial charge in [0.15, 0.2) is 5.82 Å². The molecule has 1 unspecified atom stereocenters. The summed E-state index contributed by atoms with van der Waals surface area (Å²) < 4.78 is 57.0. The minimum atomic E-state index is -2.67. The van der Waals surface area contributed by atoms with Crippen molar-refractivity contribution in [3.63, 3.8) is 0 Å². The van der Waals surface area contributed by atoms with Crippen molar-refractivity contribution in [2.75, 3.05) is 41.4 Å². The number of ether oxygens (including phenoxy) is 1. The number of morpholine rings is 1. The lowest BCUT2D eigenvalue weighted by molar-refractivity contribution is -0.114. The summed E-state index contributed by atoms with van der Waals surface area (Å²) >= 11 is -2.67. The maximum atomic E-state index is 15.2. The molecule has 0 aliphatic carbocycles. The molecule has 1 fully saturated rings. The van der Waals surface area contributed by atoms with Gasteiger partial charge in [-0.05, 0) is 24.3 Å². The fraction of sp³-hybridized carbons (Fsp3) is 0.278. The van der Waals surface area contributed by atoms with E-state index >= 15 is 4.39 Å². The van der Waals surface area contributed by atoms with Crippen LogP contribution in [0.1, 0.15) is 17.3 Å². The van der Waals surface area contributed by atoms with E-state index in [0.29, 0.717) is 0 Å². The van der Waals surface area contributed by atoms with Gasteiger partial charge in [0, 0.05) is 20.0 Å². The fourth-order valence-electron chi connectivity index (χ4n) is 2.88. The van der Waals surface area contributed by atoms with Gasteiger partial charge in [0.1, 0.15) is 22.9 Å². The average Bonchev–Trinajstić information content (AvgIpc) is 2.71. The van der Waals surface area contributed by atoms with Gasteiger partial charge in [-0.2, -0.15) is 4.41 Å². The molecule has 2 aromatic rings. The number of carbonyl (C=O) groups excluding carboxylic acids is 2. The van der Waals surface area contributed by atoms with Crippen molar-refractivity contribution in [1.29, 1.82) is 0 Å². The van der Waals surface area contributed by atoms with Gasteiger partial charge in [-0.3, -0.25) is 14.1 Å². The summed E-state index contributed by atoms with van der Waals surface area (Å²) in [4.78, 5) is 27.5. The van der Waals surface area contributed by atoms with E-state index in [0.717, 1.165) is 16.5 Å². The number of rotatable bonds is 6. The van der Waals surface area contributed by atoms with E-state index in [9.17, 15) is 22.7 Å². The highest BCUT2D eigenvalue weighted by molar-refractivity contribution is 7.80. The number of hydrogen-bond donors (Lipinski definition) is 3. The first kappa shape index (κ1) is 22.7. The van der Waals surface area contributed by atoms with Crippen molar-refractivity contribution < 1.29 is 31.9 Å². The molecule has 0 radical (unpaired) electrons. The summed E-state index contributed by atoms with van der Waals surface area (Å²) in [5.74, 6) is -3.66. The van der Waals surface area contributed by atoms with Gasteiger partial charge in [0.25, 0.3) is 17.2 Å². The maximum absolute atomic E-state index is 15.2. The molecule has 2 amide bonds. The fourth-order valence-corrected chi connectivity index (χ4v) is 3.55. The van der Waals surface area contributed by atoms with Crippen molar-refractivity contribution in [2.45, 2.75) is 6.92 Å². The third-order valence-corrected chi connectivity index (χ3v) is 4.95. The van der Waals surface area contributed by atoms with Crippen LogP contribution in [0.4, 0.5) is 26.0 Å². The summed E-state index contributed by atoms with van der Waals surface area (Å²) in [6, 6.07) is 4.61. The third-order valence-electron chi connectivity index (χ3n) is 4.22. The number of benzene rings is 1. The predicted octanol–water partition coefficient (Wildman–Crippen LogP) is 1.76. The number of carbonyl (C=O) groups is 2. The summed E-state index contributed by atoms with van der Waals surface area (Å²) in [7, 11) is 0. The molecule has 1 aromatic carbocycles. The van der Waals surface area contributed by atoms with E-state index < -0.39 is 40.1 Å². The van der Waals surface area contributed by atoms with Crippen molar-refractivity contribution in [3.05, 3.63) is 47.7 Å². The molecule has 3 rings (SSSR count). The van der Waals surface area contributed by atoms with Crippen LogP contribution in [0.25, 0.3) is 0 Å². The van der Waals surface area contributed by atoms with E-state index in [-0.39, 0.29) is 43.7 Å². The molecule has 166 valence electrons. The second-order valence-electron chi connectivity index (χ2n) is 6.39. The lowest BCUT2D eigenvalue weighted by atomic mass is 10.1. The summed E-state index contributed by atoms with van der Waals surface area (Å²) in [6.07, 6.45) is 1.20. The average molecular weight is 455 g/mol. The lowest BCUT2D eigenvalue weighted by Gasteiger charge is -2.35. The molecule has 0 bridgehead atoms. The van der Waals surface area contributed by atoms with Crippen LogP contribution in [0.5, 0.6) is 0 Å². The first-order valence-electron chi connectivity index (χ1n) is 9.04. The van der Waals surface area contributed by atoms with E-state index in [1.807, 2.05) is 0 Å². The molecule has 2 heterocycles. The Morgan fingerprint density at radius 1 is 1.19 bits per heavy atom. The number of halogens is 2. The minimum absolute atomic E-state index is 0.124. The van der Waals surface area contributed by atoms with Crippen molar-refractivity contribution in [1.82, 2.24) is 9.99 Å². The summed E-state index contributed by atoms with van der Waals surface area (Å²) in [5.41, 5.74) is -1.24. The highest BCUT2D eigenvalue weighted by Gasteiger charge is 2.30. The number of nitrogens with zero attached hydrogens (tertiary/aromatic N) is 3. The number of amides is 2. The highest BCUT2D eigenvalue weighted by atomic mass is 32.2. The summed E-state index contributed by atoms with van der Waals surface area (Å²) in [5, 5.41) is 6.13. The zero-order valence-electron chi connectivity index (χ0n) is 16.3. The second kappa shape index (κ2) is 9.87. The van der Waals surface area contributed by atoms with E-state index in [4.69, 9.17) is 4.74 Å². The Hall–Kier alpha value is -3.00. The van der Waals surface area contributed by atoms with Crippen LogP contribution in [-0.4, -0.2) is 56.9 Å². The molecule has 0 saturated carbocycles. The number of pyridine rings is 1. The van der Waals surface area contributed by atoms with Crippen LogP contribution >= 0.6 is 0 Å². The maximum Gasteiger partial charge on any atom is 0.277 e. The Morgan fingerprint density at radius 2 is 1.90 bits per heavy atom.